The van der Waals surface area contributed by atoms with Crippen LogP contribution in [0.25, 0.3) is 0 Å². The molecule has 0 heterocycles. The van der Waals surface area contributed by atoms with E-state index in [4.69, 9.17) is 0 Å². The molecule has 0 aliphatic rings. The lowest BCUT2D eigenvalue weighted by molar-refractivity contribution is -0.907. The van der Waals surface area contributed by atoms with Crippen LogP contribution in [0.2, 0.25) is 0 Å². The van der Waals surface area contributed by atoms with Gasteiger partial charge >= 0.3 is 0 Å². The quantitative estimate of drug-likeness (QED) is 0.855. The molecule has 21 heavy (non-hydrogen) atoms. The first-order valence-corrected chi connectivity index (χ1v) is 7.79. The van der Waals surface area contributed by atoms with Crippen LogP contribution in [0.15, 0.2) is 59.1 Å². The van der Waals surface area contributed by atoms with Crippen molar-refractivity contribution in [3.8, 4) is 0 Å². The third-order valence-electron chi connectivity index (χ3n) is 3.60. The molecule has 110 valence electrons. The Kier molecular flexibility index (Phi) is 5.53. The van der Waals surface area contributed by atoms with Crippen LogP contribution >= 0.6 is 15.9 Å². The predicted octanol–water partition coefficient (Wildman–Crippen LogP) is 2.49. The molecule has 0 fully saturated rings. The lowest BCUT2D eigenvalue weighted by atomic mass is 10.2. The number of rotatable bonds is 5. The van der Waals surface area contributed by atoms with Gasteiger partial charge in [0, 0.05) is 15.7 Å². The Bertz CT molecular complexity index is 601. The number of likely N-dealkylation sites (N-methyl/N-ethyl adjacent to an activating group) is 1. The number of hydrogen-bond donors (Lipinski definition) is 2. The van der Waals surface area contributed by atoms with E-state index in [1.165, 1.54) is 5.56 Å². The second-order valence-corrected chi connectivity index (χ2v) is 6.05. The maximum atomic E-state index is 12.3. The van der Waals surface area contributed by atoms with E-state index in [2.05, 4.69) is 27.3 Å². The van der Waals surface area contributed by atoms with E-state index in [1.54, 1.807) is 0 Å². The largest absolute Gasteiger partial charge is 0.324 e. The third kappa shape index (κ3) is 4.41. The van der Waals surface area contributed by atoms with Crippen molar-refractivity contribution in [3.63, 3.8) is 0 Å². The molecule has 0 aliphatic heterocycles. The summed E-state index contributed by atoms with van der Waals surface area (Å²) in [5.74, 6) is 0.0331. The van der Waals surface area contributed by atoms with Gasteiger partial charge in [0.05, 0.1) is 7.05 Å². The van der Waals surface area contributed by atoms with Crippen molar-refractivity contribution >= 4 is 27.5 Å². The molecule has 2 rings (SSSR count). The number of quaternary nitrogens is 1. The summed E-state index contributed by atoms with van der Waals surface area (Å²) in [6, 6.07) is 17.5. The number of hydrogen-bond acceptors (Lipinski definition) is 1. The van der Waals surface area contributed by atoms with Crippen LogP contribution in [-0.2, 0) is 11.3 Å². The van der Waals surface area contributed by atoms with Crippen LogP contribution in [-0.4, -0.2) is 19.0 Å². The predicted molar refractivity (Wildman–Crippen MR) is 89.3 cm³/mol. The van der Waals surface area contributed by atoms with Crippen LogP contribution in [0, 0.1) is 0 Å². The van der Waals surface area contributed by atoms with Gasteiger partial charge in [0.25, 0.3) is 5.91 Å². The Balaban J connectivity index is 1.97. The summed E-state index contributed by atoms with van der Waals surface area (Å²) in [6.45, 7) is 2.75. The molecule has 2 atom stereocenters. The molecule has 0 aromatic heterocycles. The van der Waals surface area contributed by atoms with Gasteiger partial charge in [-0.15, -0.1) is 0 Å². The molecule has 0 bridgehead atoms. The Morgan fingerprint density at radius 3 is 2.43 bits per heavy atom. The summed E-state index contributed by atoms with van der Waals surface area (Å²) >= 11 is 3.55. The molecule has 4 heteroatoms. The number of carbonyl (C=O) groups excluding carboxylic acids is 1. The van der Waals surface area contributed by atoms with Crippen molar-refractivity contribution in [2.75, 3.05) is 12.4 Å². The van der Waals surface area contributed by atoms with Crippen LogP contribution < -0.4 is 10.2 Å². The summed E-state index contributed by atoms with van der Waals surface area (Å²) in [5.41, 5.74) is 2.04. The summed E-state index contributed by atoms with van der Waals surface area (Å²) in [5, 5.41) is 2.95. The van der Waals surface area contributed by atoms with E-state index in [0.717, 1.165) is 21.6 Å². The molecule has 0 saturated heterocycles. The van der Waals surface area contributed by atoms with Crippen LogP contribution in [0.1, 0.15) is 12.5 Å². The van der Waals surface area contributed by atoms with Crippen molar-refractivity contribution < 1.29 is 9.69 Å². The van der Waals surface area contributed by atoms with Gasteiger partial charge in [-0.05, 0) is 25.1 Å². The van der Waals surface area contributed by atoms with E-state index in [0.29, 0.717) is 0 Å². The molecule has 1 unspecified atom stereocenters. The zero-order chi connectivity index (χ0) is 15.2. The Hall–Kier alpha value is -1.65. The lowest BCUT2D eigenvalue weighted by Gasteiger charge is -2.21. The topological polar surface area (TPSA) is 33.5 Å². The zero-order valence-electron chi connectivity index (χ0n) is 12.3. The molecular weight excluding hydrogens is 328 g/mol. The molecule has 0 saturated carbocycles. The van der Waals surface area contributed by atoms with Gasteiger partial charge in [-0.3, -0.25) is 4.79 Å². The van der Waals surface area contributed by atoms with Crippen molar-refractivity contribution in [3.05, 3.63) is 64.6 Å². The fourth-order valence-corrected chi connectivity index (χ4v) is 2.52. The first-order chi connectivity index (χ1) is 10.1. The minimum Gasteiger partial charge on any atom is -0.324 e. The third-order valence-corrected chi connectivity index (χ3v) is 4.37. The average molecular weight is 348 g/mol. The Morgan fingerprint density at radius 2 is 1.76 bits per heavy atom. The maximum Gasteiger partial charge on any atom is 0.282 e. The summed E-state index contributed by atoms with van der Waals surface area (Å²) in [4.78, 5) is 13.4. The second-order valence-electron chi connectivity index (χ2n) is 5.19. The molecule has 2 aromatic rings. The second kappa shape index (κ2) is 7.38. The molecular formula is C17H20BrN2O+. The van der Waals surface area contributed by atoms with Gasteiger partial charge in [-0.1, -0.05) is 52.3 Å². The highest BCUT2D eigenvalue weighted by molar-refractivity contribution is 9.10. The van der Waals surface area contributed by atoms with E-state index < -0.39 is 0 Å². The zero-order valence-corrected chi connectivity index (χ0v) is 13.9. The minimum absolute atomic E-state index is 0.0331. The molecule has 1 amide bonds. The molecule has 2 N–H and O–H groups in total. The molecule has 0 spiro atoms. The summed E-state index contributed by atoms with van der Waals surface area (Å²) in [6.07, 6.45) is 0. The lowest BCUT2D eigenvalue weighted by Crippen LogP contribution is -3.12. The van der Waals surface area contributed by atoms with Gasteiger partial charge in [0.15, 0.2) is 6.04 Å². The summed E-state index contributed by atoms with van der Waals surface area (Å²) < 4.78 is 1.08. The minimum atomic E-state index is -0.127. The van der Waals surface area contributed by atoms with Crippen LogP contribution in [0.4, 0.5) is 5.69 Å². The van der Waals surface area contributed by atoms with Crippen molar-refractivity contribution in [2.24, 2.45) is 0 Å². The first kappa shape index (κ1) is 15.7. The fourth-order valence-electron chi connectivity index (χ4n) is 2.09. The van der Waals surface area contributed by atoms with Crippen molar-refractivity contribution in [1.82, 2.24) is 0 Å². The van der Waals surface area contributed by atoms with Gasteiger partial charge in [-0.2, -0.15) is 0 Å². The van der Waals surface area contributed by atoms with Crippen LogP contribution in [0.3, 0.4) is 0 Å². The van der Waals surface area contributed by atoms with E-state index in [-0.39, 0.29) is 11.9 Å². The first-order valence-electron chi connectivity index (χ1n) is 6.99. The van der Waals surface area contributed by atoms with Gasteiger partial charge < -0.3 is 10.2 Å². The highest BCUT2D eigenvalue weighted by Crippen LogP contribution is 2.14. The Labute approximate surface area is 134 Å². The number of benzene rings is 2. The van der Waals surface area contributed by atoms with E-state index >= 15 is 0 Å². The molecule has 0 aliphatic carbocycles. The van der Waals surface area contributed by atoms with Gasteiger partial charge in [0.2, 0.25) is 0 Å². The number of nitrogens with one attached hydrogen (secondary N) is 2. The maximum absolute atomic E-state index is 12.3. The number of para-hydroxylation sites is 1. The standard InChI is InChI=1S/C17H19BrN2O/c1-13(17(21)19-15-9-4-3-5-10-15)20(2)12-14-8-6-7-11-16(14)18/h3-11,13H,12H2,1-2H3,(H,19,21)/p+1/t13-/m1/s1. The number of carbonyl (C=O) groups is 1. The highest BCUT2D eigenvalue weighted by atomic mass is 79.9. The summed E-state index contributed by atoms with van der Waals surface area (Å²) in [7, 11) is 2.04. The normalized spacial score (nSPS) is 13.5. The number of anilines is 1. The molecule has 0 radical (unpaired) electrons. The van der Waals surface area contributed by atoms with E-state index in [9.17, 15) is 4.79 Å². The smallest absolute Gasteiger partial charge is 0.282 e. The SMILES string of the molecule is C[C@H](C(=O)Nc1ccccc1)[NH+](C)Cc1ccccc1Br. The number of halogens is 1. The van der Waals surface area contributed by atoms with Gasteiger partial charge in [0.1, 0.15) is 6.54 Å². The van der Waals surface area contributed by atoms with Gasteiger partial charge in [-0.25, -0.2) is 0 Å². The average Bonchev–Trinajstić information content (AvgIpc) is 2.49. The monoisotopic (exact) mass is 347 g/mol. The van der Waals surface area contributed by atoms with Crippen LogP contribution in [0.5, 0.6) is 0 Å². The van der Waals surface area contributed by atoms with Crippen molar-refractivity contribution in [2.45, 2.75) is 19.5 Å². The fraction of sp³-hybridized carbons (Fsp3) is 0.235. The molecule has 3 nitrogen and oxygen atoms in total. The Morgan fingerprint density at radius 1 is 1.14 bits per heavy atom. The van der Waals surface area contributed by atoms with Crippen molar-refractivity contribution in [1.29, 1.82) is 0 Å². The molecule has 2 aromatic carbocycles. The number of amides is 1. The van der Waals surface area contributed by atoms with E-state index in [1.807, 2.05) is 62.5 Å². The highest BCUT2D eigenvalue weighted by Gasteiger charge is 2.22.